The van der Waals surface area contributed by atoms with Gasteiger partial charge in [0, 0.05) is 43.0 Å². The van der Waals surface area contributed by atoms with Crippen LogP contribution in [0.5, 0.6) is 5.75 Å². The molecule has 2 aromatic rings. The van der Waals surface area contributed by atoms with Gasteiger partial charge in [0.1, 0.15) is 23.0 Å². The van der Waals surface area contributed by atoms with Crippen LogP contribution in [-0.2, 0) is 16.1 Å². The lowest BCUT2D eigenvalue weighted by molar-refractivity contribution is -0.0866. The van der Waals surface area contributed by atoms with Gasteiger partial charge in [0.15, 0.2) is 17.0 Å². The second kappa shape index (κ2) is 9.07. The number of halogens is 3. The number of nitrogens with zero attached hydrogens (tertiary/aromatic N) is 3. The summed E-state index contributed by atoms with van der Waals surface area (Å²) in [6, 6.07) is 0.0235. The normalized spacial score (nSPS) is 25.9. The highest BCUT2D eigenvalue weighted by atomic mass is 19.1. The van der Waals surface area contributed by atoms with Gasteiger partial charge in [-0.15, -0.1) is 0 Å². The number of pyridine rings is 1. The van der Waals surface area contributed by atoms with E-state index in [-0.39, 0.29) is 24.2 Å². The number of benzene rings is 1. The largest absolute Gasteiger partial charge is 0.503 e. The number of fused-ring (bicyclic) bond motifs is 5. The van der Waals surface area contributed by atoms with Gasteiger partial charge in [-0.25, -0.2) is 13.2 Å². The zero-order valence-corrected chi connectivity index (χ0v) is 20.8. The van der Waals surface area contributed by atoms with Crippen molar-refractivity contribution in [3.05, 3.63) is 62.8 Å². The van der Waals surface area contributed by atoms with E-state index in [0.29, 0.717) is 30.9 Å². The van der Waals surface area contributed by atoms with E-state index in [1.54, 1.807) is 4.90 Å². The Bertz CT molecular complexity index is 1420. The van der Waals surface area contributed by atoms with Crippen molar-refractivity contribution >= 4 is 17.7 Å². The van der Waals surface area contributed by atoms with Crippen molar-refractivity contribution in [3.63, 3.8) is 0 Å². The van der Waals surface area contributed by atoms with Gasteiger partial charge in [0.25, 0.3) is 11.8 Å². The molecule has 0 radical (unpaired) electrons. The van der Waals surface area contributed by atoms with Crippen molar-refractivity contribution in [2.75, 3.05) is 13.7 Å². The number of aromatic nitrogens is 1. The SMILES string of the molecule is COC1=NO[C@@]2(CC[C@H](C)N3CC2n2cc(C(=O)NCc4c(F)cc(F)cc4F)c(=O)c(O)c2C3=O)C1C. The van der Waals surface area contributed by atoms with E-state index in [2.05, 4.69) is 10.5 Å². The Morgan fingerprint density at radius 3 is 2.58 bits per heavy atom. The highest BCUT2D eigenvalue weighted by molar-refractivity contribution is 5.99. The highest BCUT2D eigenvalue weighted by Gasteiger charge is 2.58. The number of methoxy groups -OCH3 is 1. The first kappa shape index (κ1) is 25.6. The Hall–Kier alpha value is -4.03. The molecule has 2 unspecified atom stereocenters. The lowest BCUT2D eigenvalue weighted by Gasteiger charge is -2.43. The van der Waals surface area contributed by atoms with Gasteiger partial charge in [0.2, 0.25) is 11.3 Å². The van der Waals surface area contributed by atoms with E-state index < -0.39 is 69.8 Å². The maximum Gasteiger partial charge on any atom is 0.274 e. The Balaban J connectivity index is 1.57. The first-order valence-electron chi connectivity index (χ1n) is 12.0. The van der Waals surface area contributed by atoms with Crippen molar-refractivity contribution in [1.82, 2.24) is 14.8 Å². The predicted molar refractivity (Wildman–Crippen MR) is 126 cm³/mol. The highest BCUT2D eigenvalue weighted by Crippen LogP contribution is 2.48. The Morgan fingerprint density at radius 1 is 1.26 bits per heavy atom. The minimum atomic E-state index is -1.21. The molecule has 38 heavy (non-hydrogen) atoms. The van der Waals surface area contributed by atoms with Crippen LogP contribution in [0.4, 0.5) is 13.2 Å². The van der Waals surface area contributed by atoms with Gasteiger partial charge in [-0.1, -0.05) is 5.16 Å². The second-order valence-electron chi connectivity index (χ2n) is 9.77. The van der Waals surface area contributed by atoms with E-state index in [1.807, 2.05) is 13.8 Å². The van der Waals surface area contributed by atoms with Crippen LogP contribution in [0.1, 0.15) is 59.1 Å². The minimum Gasteiger partial charge on any atom is -0.503 e. The van der Waals surface area contributed by atoms with Gasteiger partial charge in [-0.05, 0) is 26.7 Å². The van der Waals surface area contributed by atoms with Crippen LogP contribution in [0.25, 0.3) is 0 Å². The van der Waals surface area contributed by atoms with Gasteiger partial charge < -0.3 is 29.5 Å². The Labute approximate surface area is 214 Å². The predicted octanol–water partition coefficient (Wildman–Crippen LogP) is 2.45. The first-order chi connectivity index (χ1) is 18.0. The number of carbonyl (C=O) groups excluding carboxylic acids is 2. The number of hydrogen-bond acceptors (Lipinski definition) is 7. The number of nitrogens with one attached hydrogen (secondary N) is 1. The fourth-order valence-corrected chi connectivity index (χ4v) is 5.59. The van der Waals surface area contributed by atoms with E-state index >= 15 is 0 Å². The Morgan fingerprint density at radius 2 is 1.95 bits per heavy atom. The molecule has 1 aromatic carbocycles. The van der Waals surface area contributed by atoms with Crippen molar-refractivity contribution in [3.8, 4) is 5.75 Å². The summed E-state index contributed by atoms with van der Waals surface area (Å²) in [6.45, 7) is 3.17. The number of rotatable bonds is 3. The van der Waals surface area contributed by atoms with Gasteiger partial charge >= 0.3 is 0 Å². The molecule has 0 saturated carbocycles. The summed E-state index contributed by atoms with van der Waals surface area (Å²) in [6.07, 6.45) is 2.14. The van der Waals surface area contributed by atoms with Crippen molar-refractivity contribution in [2.24, 2.45) is 11.1 Å². The average Bonchev–Trinajstić information content (AvgIpc) is 3.12. The molecule has 1 fully saturated rings. The molecule has 10 nitrogen and oxygen atoms in total. The standard InChI is InChI=1S/C25H25F3N4O6/c1-11-4-5-25(12(2)23(37-3)30-38-25)18-10-31(11)24(36)19-21(34)20(33)15(9-32(18)19)22(35)29-8-14-16(27)6-13(26)7-17(14)28/h6-7,9,11-12,18,34H,4-5,8,10H2,1-3H3,(H,29,35)/t11-,12?,18?,25-/m0/s1. The maximum absolute atomic E-state index is 14.0. The third-order valence-electron chi connectivity index (χ3n) is 7.82. The Kier molecular flexibility index (Phi) is 6.11. The monoisotopic (exact) mass is 534 g/mol. The zero-order valence-electron chi connectivity index (χ0n) is 20.8. The summed E-state index contributed by atoms with van der Waals surface area (Å²) in [5.74, 6) is -6.14. The lowest BCUT2D eigenvalue weighted by Crippen LogP contribution is -2.54. The number of oxime groups is 1. The first-order valence-corrected chi connectivity index (χ1v) is 12.0. The van der Waals surface area contributed by atoms with Crippen LogP contribution < -0.4 is 10.7 Å². The molecule has 202 valence electrons. The summed E-state index contributed by atoms with van der Waals surface area (Å²) in [4.78, 5) is 46.9. The lowest BCUT2D eigenvalue weighted by atomic mass is 9.78. The van der Waals surface area contributed by atoms with Crippen molar-refractivity contribution in [1.29, 1.82) is 0 Å². The quantitative estimate of drug-likeness (QED) is 0.624. The van der Waals surface area contributed by atoms with Crippen LogP contribution in [0, 0.1) is 23.4 Å². The number of amides is 2. The molecule has 13 heteroatoms. The third kappa shape index (κ3) is 3.71. The summed E-state index contributed by atoms with van der Waals surface area (Å²) in [7, 11) is 1.46. The topological polar surface area (TPSA) is 122 Å². The molecule has 5 rings (SSSR count). The number of aromatic hydroxyl groups is 1. The molecular weight excluding hydrogens is 509 g/mol. The van der Waals surface area contributed by atoms with Gasteiger partial charge in [-0.3, -0.25) is 14.4 Å². The minimum absolute atomic E-state index is 0.152. The third-order valence-corrected chi connectivity index (χ3v) is 7.82. The smallest absolute Gasteiger partial charge is 0.274 e. The van der Waals surface area contributed by atoms with E-state index in [9.17, 15) is 32.7 Å². The molecule has 2 bridgehead atoms. The van der Waals surface area contributed by atoms with Crippen LogP contribution in [0.3, 0.4) is 0 Å². The number of ether oxygens (including phenoxy) is 1. The van der Waals surface area contributed by atoms with Crippen molar-refractivity contribution in [2.45, 2.75) is 50.9 Å². The average molecular weight is 534 g/mol. The maximum atomic E-state index is 14.0. The summed E-state index contributed by atoms with van der Waals surface area (Å²) in [5.41, 5.74) is -3.60. The molecule has 3 aliphatic rings. The second-order valence-corrected chi connectivity index (χ2v) is 9.77. The van der Waals surface area contributed by atoms with Gasteiger partial charge in [0.05, 0.1) is 19.1 Å². The van der Waals surface area contributed by atoms with Crippen LogP contribution in [0.15, 0.2) is 28.3 Å². The number of hydrogen-bond donors (Lipinski definition) is 2. The van der Waals surface area contributed by atoms with E-state index in [0.717, 1.165) is 6.20 Å². The van der Waals surface area contributed by atoms with Crippen molar-refractivity contribution < 1.29 is 37.4 Å². The van der Waals surface area contributed by atoms with E-state index in [4.69, 9.17) is 9.57 Å². The molecule has 1 saturated heterocycles. The number of carbonyl (C=O) groups is 2. The fourth-order valence-electron chi connectivity index (χ4n) is 5.59. The van der Waals surface area contributed by atoms with E-state index in [1.165, 1.54) is 11.7 Å². The molecule has 2 N–H and O–H groups in total. The van der Waals surface area contributed by atoms with Gasteiger partial charge in [-0.2, -0.15) is 0 Å². The summed E-state index contributed by atoms with van der Waals surface area (Å²) in [5, 5.41) is 17.2. The van der Waals surface area contributed by atoms with Crippen LogP contribution in [0.2, 0.25) is 0 Å². The summed E-state index contributed by atoms with van der Waals surface area (Å²) >= 11 is 0. The molecule has 1 aromatic heterocycles. The molecule has 3 aliphatic heterocycles. The molecule has 4 heterocycles. The molecule has 0 aliphatic carbocycles. The summed E-state index contributed by atoms with van der Waals surface area (Å²) < 4.78 is 48.0. The molecular formula is C25H25F3N4O6. The fraction of sp³-hybridized carbons (Fsp3) is 0.440. The molecule has 4 atom stereocenters. The van der Waals surface area contributed by atoms with Crippen LogP contribution in [-0.4, -0.2) is 57.6 Å². The molecule has 1 spiro atoms. The zero-order chi connectivity index (χ0) is 27.5. The molecule has 2 amide bonds. The van der Waals surface area contributed by atoms with Crippen LogP contribution >= 0.6 is 0 Å².